The fraction of sp³-hybridized carbons (Fsp3) is 0.261. The molecule has 29 heavy (non-hydrogen) atoms. The van der Waals surface area contributed by atoms with Crippen molar-refractivity contribution in [2.24, 2.45) is 0 Å². The minimum absolute atomic E-state index is 0.0687. The molecule has 0 unspecified atom stereocenters. The maximum atomic E-state index is 12.8. The highest BCUT2D eigenvalue weighted by Crippen LogP contribution is 2.20. The smallest absolute Gasteiger partial charge is 0.259 e. The highest BCUT2D eigenvalue weighted by Gasteiger charge is 2.23. The van der Waals surface area contributed by atoms with Crippen LogP contribution >= 0.6 is 0 Å². The van der Waals surface area contributed by atoms with Crippen molar-refractivity contribution in [1.82, 2.24) is 15.1 Å². The van der Waals surface area contributed by atoms with E-state index in [4.69, 9.17) is 0 Å². The second-order valence-electron chi connectivity index (χ2n) is 7.28. The molecule has 6 heteroatoms. The quantitative estimate of drug-likeness (QED) is 0.649. The monoisotopic (exact) mass is 388 g/mol. The van der Waals surface area contributed by atoms with Crippen LogP contribution in [0, 0.1) is 0 Å². The average molecular weight is 388 g/mol. The van der Waals surface area contributed by atoms with Crippen molar-refractivity contribution in [3.63, 3.8) is 0 Å². The molecule has 148 valence electrons. The van der Waals surface area contributed by atoms with Gasteiger partial charge >= 0.3 is 0 Å². The van der Waals surface area contributed by atoms with Gasteiger partial charge in [-0.25, -0.2) is 0 Å². The summed E-state index contributed by atoms with van der Waals surface area (Å²) in [6.07, 6.45) is 4.43. The van der Waals surface area contributed by atoms with E-state index in [-0.39, 0.29) is 11.8 Å². The Hall–Kier alpha value is -3.41. The Labute approximate surface area is 169 Å². The van der Waals surface area contributed by atoms with Crippen LogP contribution in [0.25, 0.3) is 0 Å². The van der Waals surface area contributed by atoms with Crippen molar-refractivity contribution in [2.75, 3.05) is 5.32 Å². The number of carbonyl (C=O) groups excluding carboxylic acids is 2. The summed E-state index contributed by atoms with van der Waals surface area (Å²) in [6, 6.07) is 17.3. The zero-order valence-corrected chi connectivity index (χ0v) is 16.4. The van der Waals surface area contributed by atoms with Crippen LogP contribution in [0.5, 0.6) is 0 Å². The first kappa shape index (κ1) is 18.9. The fourth-order valence-electron chi connectivity index (χ4n) is 3.27. The van der Waals surface area contributed by atoms with Crippen molar-refractivity contribution in [1.29, 1.82) is 0 Å². The Morgan fingerprint density at radius 1 is 1.03 bits per heavy atom. The van der Waals surface area contributed by atoms with E-state index in [1.54, 1.807) is 30.5 Å². The number of hydrogen-bond donors (Lipinski definition) is 2. The van der Waals surface area contributed by atoms with Gasteiger partial charge in [-0.1, -0.05) is 37.3 Å². The van der Waals surface area contributed by atoms with Crippen molar-refractivity contribution in [3.8, 4) is 0 Å². The number of amides is 2. The lowest BCUT2D eigenvalue weighted by molar-refractivity contribution is 0.0950. The molecule has 4 rings (SSSR count). The summed E-state index contributed by atoms with van der Waals surface area (Å²) in [7, 11) is 0. The van der Waals surface area contributed by atoms with E-state index in [9.17, 15) is 9.59 Å². The predicted molar refractivity (Wildman–Crippen MR) is 112 cm³/mol. The molecule has 2 amide bonds. The summed E-state index contributed by atoms with van der Waals surface area (Å²) in [4.78, 5) is 24.9. The molecule has 0 aliphatic heterocycles. The van der Waals surface area contributed by atoms with Crippen LogP contribution in [-0.4, -0.2) is 27.6 Å². The van der Waals surface area contributed by atoms with Crippen LogP contribution in [0.4, 0.5) is 5.69 Å². The molecule has 2 N–H and O–H groups in total. The fourth-order valence-corrected chi connectivity index (χ4v) is 3.27. The van der Waals surface area contributed by atoms with E-state index in [1.807, 2.05) is 41.9 Å². The minimum atomic E-state index is -0.198. The zero-order valence-electron chi connectivity index (χ0n) is 16.4. The third kappa shape index (κ3) is 4.54. The Morgan fingerprint density at radius 3 is 2.41 bits per heavy atom. The lowest BCUT2D eigenvalue weighted by atomic mass is 10.1. The molecule has 1 aromatic heterocycles. The van der Waals surface area contributed by atoms with Crippen LogP contribution in [0.3, 0.4) is 0 Å². The summed E-state index contributed by atoms with van der Waals surface area (Å²) in [5.74, 6) is -0.267. The van der Waals surface area contributed by atoms with Gasteiger partial charge in [-0.2, -0.15) is 5.10 Å². The molecule has 0 atom stereocenters. The molecule has 1 saturated carbocycles. The molecule has 0 radical (unpaired) electrons. The molecule has 0 spiro atoms. The van der Waals surface area contributed by atoms with E-state index in [0.717, 1.165) is 24.1 Å². The van der Waals surface area contributed by atoms with Gasteiger partial charge in [0.05, 0.1) is 24.0 Å². The first-order valence-electron chi connectivity index (χ1n) is 9.95. The second-order valence-corrected chi connectivity index (χ2v) is 7.28. The molecule has 1 heterocycles. The van der Waals surface area contributed by atoms with E-state index in [2.05, 4.69) is 15.7 Å². The maximum absolute atomic E-state index is 12.8. The van der Waals surface area contributed by atoms with Gasteiger partial charge in [-0.15, -0.1) is 0 Å². The molecule has 1 aliphatic rings. The normalized spacial score (nSPS) is 13.1. The number of carbonyl (C=O) groups is 2. The van der Waals surface area contributed by atoms with Crippen molar-refractivity contribution in [3.05, 3.63) is 83.2 Å². The van der Waals surface area contributed by atoms with Gasteiger partial charge in [0.1, 0.15) is 0 Å². The molecule has 6 nitrogen and oxygen atoms in total. The highest BCUT2D eigenvalue weighted by atomic mass is 16.2. The van der Waals surface area contributed by atoms with Crippen molar-refractivity contribution >= 4 is 17.5 Å². The van der Waals surface area contributed by atoms with E-state index in [1.165, 1.54) is 0 Å². The number of rotatable bonds is 7. The van der Waals surface area contributed by atoms with E-state index < -0.39 is 0 Å². The number of nitrogens with one attached hydrogen (secondary N) is 2. The maximum Gasteiger partial charge on any atom is 0.259 e. The standard InChI is InChI=1S/C23H24N4O2/c1-2-21-20(14-24-27(21)15-16-6-4-3-5-7-16)23(29)26-18-10-8-17(9-11-18)22(28)25-19-12-13-19/h3-11,14,19H,2,12-13,15H2,1H3,(H,25,28)(H,26,29). The lowest BCUT2D eigenvalue weighted by Crippen LogP contribution is -2.25. The summed E-state index contributed by atoms with van der Waals surface area (Å²) < 4.78 is 1.87. The number of aromatic nitrogens is 2. The van der Waals surface area contributed by atoms with Crippen LogP contribution in [0.2, 0.25) is 0 Å². The molecular formula is C23H24N4O2. The molecule has 3 aromatic rings. The average Bonchev–Trinajstić information content (AvgIpc) is 3.46. The summed E-state index contributed by atoms with van der Waals surface area (Å²) in [6.45, 7) is 2.64. The minimum Gasteiger partial charge on any atom is -0.349 e. The van der Waals surface area contributed by atoms with Gasteiger partial charge in [0.2, 0.25) is 0 Å². The first-order valence-corrected chi connectivity index (χ1v) is 9.95. The summed E-state index contributed by atoms with van der Waals surface area (Å²) in [5, 5.41) is 10.3. The first-order chi connectivity index (χ1) is 14.1. The number of benzene rings is 2. The Bertz CT molecular complexity index is 1010. The van der Waals surface area contributed by atoms with E-state index in [0.29, 0.717) is 35.8 Å². The van der Waals surface area contributed by atoms with Crippen LogP contribution in [-0.2, 0) is 13.0 Å². The van der Waals surface area contributed by atoms with Gasteiger partial charge in [0, 0.05) is 17.3 Å². The van der Waals surface area contributed by atoms with Crippen LogP contribution in [0.15, 0.2) is 60.8 Å². The van der Waals surface area contributed by atoms with Gasteiger partial charge in [0.15, 0.2) is 0 Å². The Morgan fingerprint density at radius 2 is 1.76 bits per heavy atom. The largest absolute Gasteiger partial charge is 0.349 e. The van der Waals surface area contributed by atoms with Crippen LogP contribution in [0.1, 0.15) is 51.7 Å². The van der Waals surface area contributed by atoms with Crippen molar-refractivity contribution < 1.29 is 9.59 Å². The second kappa shape index (κ2) is 8.31. The highest BCUT2D eigenvalue weighted by molar-refractivity contribution is 6.05. The van der Waals surface area contributed by atoms with Gasteiger partial charge < -0.3 is 10.6 Å². The molecule has 2 aromatic carbocycles. The Kier molecular flexibility index (Phi) is 5.42. The van der Waals surface area contributed by atoms with Gasteiger partial charge in [0.25, 0.3) is 11.8 Å². The molecular weight excluding hydrogens is 364 g/mol. The summed E-state index contributed by atoms with van der Waals surface area (Å²) in [5.41, 5.74) is 3.85. The molecule has 0 saturated heterocycles. The van der Waals surface area contributed by atoms with Crippen LogP contribution < -0.4 is 10.6 Å². The molecule has 0 bridgehead atoms. The number of hydrogen-bond acceptors (Lipinski definition) is 3. The third-order valence-electron chi connectivity index (χ3n) is 5.02. The summed E-state index contributed by atoms with van der Waals surface area (Å²) >= 11 is 0. The van der Waals surface area contributed by atoms with Gasteiger partial charge in [-0.3, -0.25) is 14.3 Å². The predicted octanol–water partition coefficient (Wildman–Crippen LogP) is 3.64. The molecule has 1 aliphatic carbocycles. The Balaban J connectivity index is 1.44. The van der Waals surface area contributed by atoms with Crippen molar-refractivity contribution in [2.45, 2.75) is 38.8 Å². The molecule has 1 fully saturated rings. The number of nitrogens with zero attached hydrogens (tertiary/aromatic N) is 2. The lowest BCUT2D eigenvalue weighted by Gasteiger charge is -2.09. The van der Waals surface area contributed by atoms with E-state index >= 15 is 0 Å². The number of anilines is 1. The zero-order chi connectivity index (χ0) is 20.2. The topological polar surface area (TPSA) is 76.0 Å². The third-order valence-corrected chi connectivity index (χ3v) is 5.02. The van der Waals surface area contributed by atoms with Gasteiger partial charge in [-0.05, 0) is 49.1 Å². The SMILES string of the molecule is CCc1c(C(=O)Nc2ccc(C(=O)NC3CC3)cc2)cnn1Cc1ccccc1.